The molecule has 1 amide bonds. The number of Topliss-reactive ketones (excluding diaryl/α,β-unsaturated/α-hetero) is 2. The number of methoxy groups -OCH3 is 1. The van der Waals surface area contributed by atoms with Crippen LogP contribution in [-0.4, -0.2) is 66.7 Å². The van der Waals surface area contributed by atoms with Crippen molar-refractivity contribution in [2.24, 2.45) is 0 Å². The molecule has 2 atom stereocenters. The molecule has 2 aromatic rings. The first kappa shape index (κ1) is 30.3. The number of esters is 1. The molecule has 3 N–H and O–H groups in total. The van der Waals surface area contributed by atoms with Gasteiger partial charge in [0.25, 0.3) is 0 Å². The van der Waals surface area contributed by atoms with Crippen molar-refractivity contribution in [3.05, 3.63) is 76.9 Å². The Morgan fingerprint density at radius 3 is 2.11 bits per heavy atom. The Balaban J connectivity index is 0.00000247. The second kappa shape index (κ2) is 15.3. The number of amides is 1. The number of hydrogen-bond donors (Lipinski definition) is 3. The molecule has 202 valence electrons. The SMILES string of the molecule is CC.COC(=O)C(O)CC(=N)c1ccc(C(=O)C(=O)c2ccc(/C=C/C(=O)NCC3CCCO3)cc2)cc1. The van der Waals surface area contributed by atoms with E-state index in [9.17, 15) is 24.3 Å². The highest BCUT2D eigenvalue weighted by atomic mass is 16.5. The van der Waals surface area contributed by atoms with Crippen LogP contribution in [0.5, 0.6) is 0 Å². The Kier molecular flexibility index (Phi) is 12.2. The van der Waals surface area contributed by atoms with Gasteiger partial charge in [0.1, 0.15) is 0 Å². The molecule has 1 aliphatic heterocycles. The molecule has 0 aromatic heterocycles. The molecule has 0 saturated carbocycles. The quantitative estimate of drug-likeness (QED) is 0.135. The van der Waals surface area contributed by atoms with Crippen LogP contribution in [0.25, 0.3) is 6.08 Å². The molecule has 1 aliphatic rings. The van der Waals surface area contributed by atoms with Crippen molar-refractivity contribution in [3.8, 4) is 0 Å². The highest BCUT2D eigenvalue weighted by Crippen LogP contribution is 2.14. The van der Waals surface area contributed by atoms with Crippen LogP contribution >= 0.6 is 0 Å². The molecule has 0 spiro atoms. The molecule has 38 heavy (non-hydrogen) atoms. The van der Waals surface area contributed by atoms with Gasteiger partial charge >= 0.3 is 5.97 Å². The van der Waals surface area contributed by atoms with Gasteiger partial charge in [0.15, 0.2) is 6.10 Å². The van der Waals surface area contributed by atoms with Gasteiger partial charge in [-0.3, -0.25) is 14.4 Å². The van der Waals surface area contributed by atoms with E-state index < -0.39 is 23.6 Å². The highest BCUT2D eigenvalue weighted by molar-refractivity contribution is 6.49. The summed E-state index contributed by atoms with van der Waals surface area (Å²) in [7, 11) is 1.14. The van der Waals surface area contributed by atoms with E-state index in [1.165, 1.54) is 42.5 Å². The lowest BCUT2D eigenvalue weighted by molar-refractivity contribution is -0.149. The topological polar surface area (TPSA) is 143 Å². The first-order chi connectivity index (χ1) is 18.3. The van der Waals surface area contributed by atoms with Crippen molar-refractivity contribution >= 4 is 35.2 Å². The molecule has 9 nitrogen and oxygen atoms in total. The molecule has 2 unspecified atom stereocenters. The summed E-state index contributed by atoms with van der Waals surface area (Å²) < 4.78 is 9.90. The normalized spacial score (nSPS) is 15.2. The van der Waals surface area contributed by atoms with Gasteiger partial charge in [-0.1, -0.05) is 62.4 Å². The van der Waals surface area contributed by atoms with Crippen molar-refractivity contribution in [2.75, 3.05) is 20.3 Å². The zero-order chi connectivity index (χ0) is 28.1. The maximum Gasteiger partial charge on any atom is 0.335 e. The summed E-state index contributed by atoms with van der Waals surface area (Å²) in [6.07, 6.45) is 3.33. The molecule has 1 heterocycles. The van der Waals surface area contributed by atoms with E-state index in [4.69, 9.17) is 10.1 Å². The van der Waals surface area contributed by atoms with Crippen LogP contribution in [0.4, 0.5) is 0 Å². The van der Waals surface area contributed by atoms with Crippen molar-refractivity contribution in [3.63, 3.8) is 0 Å². The predicted octanol–water partition coefficient (Wildman–Crippen LogP) is 3.38. The second-order valence-corrected chi connectivity index (χ2v) is 8.29. The fourth-order valence-electron chi connectivity index (χ4n) is 3.61. The van der Waals surface area contributed by atoms with E-state index in [-0.39, 0.29) is 35.3 Å². The second-order valence-electron chi connectivity index (χ2n) is 8.29. The summed E-state index contributed by atoms with van der Waals surface area (Å²) in [5.41, 5.74) is 1.44. The third-order valence-electron chi connectivity index (χ3n) is 5.70. The monoisotopic (exact) mass is 522 g/mol. The number of aliphatic hydroxyl groups excluding tert-OH is 1. The number of rotatable bonds is 11. The van der Waals surface area contributed by atoms with Gasteiger partial charge in [-0.2, -0.15) is 0 Å². The summed E-state index contributed by atoms with van der Waals surface area (Å²) >= 11 is 0. The lowest BCUT2D eigenvalue weighted by atomic mass is 9.97. The Morgan fingerprint density at radius 1 is 1.03 bits per heavy atom. The third kappa shape index (κ3) is 8.86. The summed E-state index contributed by atoms with van der Waals surface area (Å²) in [6, 6.07) is 12.1. The van der Waals surface area contributed by atoms with E-state index in [2.05, 4.69) is 10.1 Å². The van der Waals surface area contributed by atoms with Gasteiger partial charge in [0, 0.05) is 42.5 Å². The molecule has 2 aromatic carbocycles. The van der Waals surface area contributed by atoms with Crippen molar-refractivity contribution in [2.45, 2.75) is 45.3 Å². The van der Waals surface area contributed by atoms with Gasteiger partial charge in [0.2, 0.25) is 17.5 Å². The number of nitrogens with one attached hydrogen (secondary N) is 2. The van der Waals surface area contributed by atoms with Gasteiger partial charge in [-0.05, 0) is 30.0 Å². The summed E-state index contributed by atoms with van der Waals surface area (Å²) in [4.78, 5) is 48.5. The van der Waals surface area contributed by atoms with Crippen molar-refractivity contribution in [1.82, 2.24) is 5.32 Å². The van der Waals surface area contributed by atoms with Gasteiger partial charge in [-0.15, -0.1) is 0 Å². The molecular weight excluding hydrogens is 488 g/mol. The Bertz CT molecular complexity index is 1150. The van der Waals surface area contributed by atoms with Crippen molar-refractivity contribution < 1.29 is 33.8 Å². The van der Waals surface area contributed by atoms with Crippen molar-refractivity contribution in [1.29, 1.82) is 5.41 Å². The lowest BCUT2D eigenvalue weighted by Gasteiger charge is -2.10. The average molecular weight is 523 g/mol. The molecule has 9 heteroatoms. The molecule has 1 fully saturated rings. The Morgan fingerprint density at radius 2 is 1.58 bits per heavy atom. The van der Waals surface area contributed by atoms with E-state index in [1.54, 1.807) is 18.2 Å². The van der Waals surface area contributed by atoms with E-state index in [1.807, 2.05) is 13.8 Å². The van der Waals surface area contributed by atoms with Gasteiger partial charge < -0.3 is 25.3 Å². The molecule has 3 rings (SSSR count). The summed E-state index contributed by atoms with van der Waals surface area (Å²) in [6.45, 7) is 5.19. The molecular formula is C29H34N2O7. The molecule has 0 bridgehead atoms. The van der Waals surface area contributed by atoms with E-state index >= 15 is 0 Å². The fraction of sp³-hybridized carbons (Fsp3) is 0.345. The molecule has 1 saturated heterocycles. The number of aliphatic hydroxyl groups is 1. The van der Waals surface area contributed by atoms with E-state index in [0.717, 1.165) is 26.6 Å². The minimum absolute atomic E-state index is 0.0116. The van der Waals surface area contributed by atoms with E-state index in [0.29, 0.717) is 17.7 Å². The zero-order valence-electron chi connectivity index (χ0n) is 21.9. The predicted molar refractivity (Wildman–Crippen MR) is 143 cm³/mol. The molecule has 0 aliphatic carbocycles. The molecule has 0 radical (unpaired) electrons. The average Bonchev–Trinajstić information content (AvgIpc) is 3.49. The number of hydrogen-bond acceptors (Lipinski definition) is 8. The Labute approximate surface area is 222 Å². The number of ether oxygens (including phenoxy) is 2. The minimum Gasteiger partial charge on any atom is -0.467 e. The highest BCUT2D eigenvalue weighted by Gasteiger charge is 2.21. The van der Waals surface area contributed by atoms with Crippen LogP contribution in [0.3, 0.4) is 0 Å². The number of carbonyl (C=O) groups excluding carboxylic acids is 4. The standard InChI is InChI=1S/C27H28N2O7.C2H6/c1-35-27(34)23(30)15-22(28)18-9-11-20(12-10-18)26(33)25(32)19-7-4-17(5-8-19)6-13-24(31)29-16-21-3-2-14-36-21;1-2/h4-13,21,23,28,30H,2-3,14-16H2,1H3,(H,29,31);1-2H3/b13-6+,28-22?;. The van der Waals surface area contributed by atoms with Crippen LogP contribution in [0.2, 0.25) is 0 Å². The van der Waals surface area contributed by atoms with Gasteiger partial charge in [0.05, 0.1) is 13.2 Å². The first-order valence-electron chi connectivity index (χ1n) is 12.5. The zero-order valence-corrected chi connectivity index (χ0v) is 21.9. The number of benzene rings is 2. The largest absolute Gasteiger partial charge is 0.467 e. The van der Waals surface area contributed by atoms with Crippen LogP contribution < -0.4 is 5.32 Å². The minimum atomic E-state index is -1.45. The maximum absolute atomic E-state index is 12.6. The smallest absolute Gasteiger partial charge is 0.335 e. The summed E-state index contributed by atoms with van der Waals surface area (Å²) in [5.74, 6) is -2.48. The van der Waals surface area contributed by atoms with Crippen LogP contribution in [0.15, 0.2) is 54.6 Å². The first-order valence-corrected chi connectivity index (χ1v) is 12.5. The van der Waals surface area contributed by atoms with Crippen LogP contribution in [0.1, 0.15) is 65.0 Å². The van der Waals surface area contributed by atoms with Gasteiger partial charge in [-0.25, -0.2) is 4.79 Å². The number of carbonyl (C=O) groups is 4. The van der Waals surface area contributed by atoms with Crippen LogP contribution in [0, 0.1) is 5.41 Å². The fourth-order valence-corrected chi connectivity index (χ4v) is 3.61. The third-order valence-corrected chi connectivity index (χ3v) is 5.70. The number of ketones is 2. The van der Waals surface area contributed by atoms with Crippen LogP contribution in [-0.2, 0) is 19.1 Å². The summed E-state index contributed by atoms with van der Waals surface area (Å²) in [5, 5.41) is 20.5. The Hall–Kier alpha value is -3.95. The maximum atomic E-state index is 12.6. The lowest BCUT2D eigenvalue weighted by Crippen LogP contribution is -2.30.